The topological polar surface area (TPSA) is 117 Å². The molecule has 228 valence electrons. The van der Waals surface area contributed by atoms with E-state index < -0.39 is 47.3 Å². The zero-order chi connectivity index (χ0) is 31.3. The fraction of sp³-hybridized carbons (Fsp3) is 0.290. The monoisotopic (exact) mass is 625 g/mol. The predicted molar refractivity (Wildman–Crippen MR) is 156 cm³/mol. The lowest BCUT2D eigenvalue weighted by Gasteiger charge is -2.42. The van der Waals surface area contributed by atoms with E-state index in [-0.39, 0.29) is 47.4 Å². The number of Topliss-reactive ketones (excluding diaryl/α,β-unsaturated/α-hetero) is 1. The van der Waals surface area contributed by atoms with Crippen LogP contribution in [-0.4, -0.2) is 46.1 Å². The minimum atomic E-state index is -1.46. The van der Waals surface area contributed by atoms with Gasteiger partial charge in [0.15, 0.2) is 5.78 Å². The fourth-order valence-corrected chi connectivity index (χ4v) is 6.63. The average Bonchev–Trinajstić information content (AvgIpc) is 3.32. The molecule has 4 atom stereocenters. The van der Waals surface area contributed by atoms with E-state index in [1.165, 1.54) is 23.3 Å². The summed E-state index contributed by atoms with van der Waals surface area (Å²) >= 11 is 0. The van der Waals surface area contributed by atoms with Crippen molar-refractivity contribution < 1.29 is 31.9 Å². The number of nitrogens with one attached hydrogen (secondary N) is 2. The molecule has 1 fully saturated rings. The molecular formula is C31H28F4N5O3P. The van der Waals surface area contributed by atoms with Crippen LogP contribution in [0.25, 0.3) is 11.1 Å². The van der Waals surface area contributed by atoms with Gasteiger partial charge in [-0.15, -0.1) is 0 Å². The minimum absolute atomic E-state index is 0.0353. The molecule has 8 nitrogen and oxygen atoms in total. The quantitative estimate of drug-likeness (QED) is 0.246. The highest BCUT2D eigenvalue weighted by Gasteiger charge is 2.53. The van der Waals surface area contributed by atoms with E-state index in [0.29, 0.717) is 35.2 Å². The Morgan fingerprint density at radius 3 is 2.50 bits per heavy atom. The van der Waals surface area contributed by atoms with E-state index in [2.05, 4.69) is 25.0 Å². The van der Waals surface area contributed by atoms with Gasteiger partial charge in [0, 0.05) is 40.9 Å². The van der Waals surface area contributed by atoms with E-state index in [9.17, 15) is 31.9 Å². The Hall–Kier alpha value is -4.15. The molecule has 0 saturated heterocycles. The molecule has 2 heterocycles. The maximum Gasteiger partial charge on any atom is 0.251 e. The second kappa shape index (κ2) is 11.7. The van der Waals surface area contributed by atoms with Gasteiger partial charge in [-0.1, -0.05) is 21.4 Å². The minimum Gasteiger partial charge on any atom is -0.366 e. The van der Waals surface area contributed by atoms with Gasteiger partial charge in [-0.05, 0) is 60.7 Å². The van der Waals surface area contributed by atoms with Crippen molar-refractivity contribution in [3.8, 4) is 11.1 Å². The lowest BCUT2D eigenvalue weighted by atomic mass is 9.63. The number of hydrogen-bond donors (Lipinski definition) is 3. The third-order valence-electron chi connectivity index (χ3n) is 8.36. The number of halogens is 4. The maximum atomic E-state index is 14.5. The SMILES string of the molecule is NC(=O)c1cc(-c2cccnc2C(Cc2cc(F)cc(F)c2)NC(=O)CN2NC(C(F)P)C3=C2C2CC(C2)C3=O)ccc1F. The average molecular weight is 626 g/mol. The van der Waals surface area contributed by atoms with Crippen LogP contribution in [0.15, 0.2) is 66.0 Å². The second-order valence-electron chi connectivity index (χ2n) is 11.3. The van der Waals surface area contributed by atoms with Crippen LogP contribution in [0.2, 0.25) is 0 Å². The number of rotatable bonds is 9. The number of carbonyl (C=O) groups excluding carboxylic acids is 3. The molecule has 13 heteroatoms. The van der Waals surface area contributed by atoms with Crippen LogP contribution in [0.3, 0.4) is 0 Å². The number of pyridine rings is 1. The van der Waals surface area contributed by atoms with Crippen molar-refractivity contribution >= 4 is 26.8 Å². The Balaban J connectivity index is 1.33. The van der Waals surface area contributed by atoms with Gasteiger partial charge in [-0.25, -0.2) is 23.0 Å². The number of amides is 2. The Morgan fingerprint density at radius 2 is 1.82 bits per heavy atom. The number of primary amides is 1. The van der Waals surface area contributed by atoms with Gasteiger partial charge < -0.3 is 16.1 Å². The van der Waals surface area contributed by atoms with E-state index in [1.807, 2.05) is 0 Å². The first kappa shape index (κ1) is 29.9. The summed E-state index contributed by atoms with van der Waals surface area (Å²) in [6, 6.07) is 8.19. The Kier molecular flexibility index (Phi) is 7.98. The Morgan fingerprint density at radius 1 is 1.09 bits per heavy atom. The van der Waals surface area contributed by atoms with Crippen LogP contribution >= 0.6 is 9.24 Å². The van der Waals surface area contributed by atoms with Crippen molar-refractivity contribution in [2.75, 3.05) is 6.54 Å². The van der Waals surface area contributed by atoms with Crippen LogP contribution in [0.1, 0.15) is 40.5 Å². The highest BCUT2D eigenvalue weighted by atomic mass is 31.0. The first-order valence-corrected chi connectivity index (χ1v) is 14.7. The molecule has 1 aliphatic heterocycles. The predicted octanol–water partition coefficient (Wildman–Crippen LogP) is 3.89. The Labute approximate surface area is 252 Å². The summed E-state index contributed by atoms with van der Waals surface area (Å²) < 4.78 is 57.1. The molecule has 1 aromatic heterocycles. The van der Waals surface area contributed by atoms with Gasteiger partial charge in [0.25, 0.3) is 5.91 Å². The summed E-state index contributed by atoms with van der Waals surface area (Å²) in [5, 5.41) is 4.40. The molecule has 0 radical (unpaired) electrons. The molecule has 2 aromatic carbocycles. The summed E-state index contributed by atoms with van der Waals surface area (Å²) in [7, 11) is 2.05. The molecule has 2 amide bonds. The molecule has 2 bridgehead atoms. The van der Waals surface area contributed by atoms with Gasteiger partial charge >= 0.3 is 0 Å². The molecule has 4 N–H and O–H groups in total. The summed E-state index contributed by atoms with van der Waals surface area (Å²) in [4.78, 5) is 42.8. The van der Waals surface area contributed by atoms with Crippen molar-refractivity contribution in [2.45, 2.75) is 37.3 Å². The van der Waals surface area contributed by atoms with E-state index in [0.717, 1.165) is 24.3 Å². The van der Waals surface area contributed by atoms with Crippen molar-refractivity contribution in [3.63, 3.8) is 0 Å². The lowest BCUT2D eigenvalue weighted by molar-refractivity contribution is -0.126. The number of allylic oxidation sites excluding steroid dienone is 1. The van der Waals surface area contributed by atoms with Crippen molar-refractivity contribution in [2.24, 2.45) is 17.6 Å². The van der Waals surface area contributed by atoms with E-state index in [4.69, 9.17) is 5.73 Å². The number of nitrogens with two attached hydrogens (primary N) is 1. The van der Waals surface area contributed by atoms with Gasteiger partial charge in [0.1, 0.15) is 29.9 Å². The summed E-state index contributed by atoms with van der Waals surface area (Å²) in [6.07, 6.45) is 2.68. The van der Waals surface area contributed by atoms with Crippen LogP contribution in [0.5, 0.6) is 0 Å². The number of ketones is 1. The van der Waals surface area contributed by atoms with Crippen LogP contribution in [0.4, 0.5) is 17.6 Å². The largest absolute Gasteiger partial charge is 0.366 e. The molecule has 44 heavy (non-hydrogen) atoms. The molecular weight excluding hydrogens is 597 g/mol. The van der Waals surface area contributed by atoms with Crippen LogP contribution in [0, 0.1) is 29.3 Å². The normalized spacial score (nSPS) is 21.9. The van der Waals surface area contributed by atoms with Crippen molar-refractivity contribution in [3.05, 3.63) is 100 Å². The lowest BCUT2D eigenvalue weighted by Crippen LogP contribution is -2.47. The van der Waals surface area contributed by atoms with Gasteiger partial charge in [-0.2, -0.15) is 0 Å². The number of benzene rings is 2. The standard InChI is InChI=1S/C31H28F4N5O3P/c32-18-6-14(7-19(33)12-18)8-23(26-20(2-1-5-37-26)15-3-4-22(34)21(11-15)31(36)43)38-24(41)13-40-28-16-9-17(10-16)29(42)25(28)27(39-40)30(35)44/h1-7,11-12,16-17,23,27,30,39H,8-10,13,44H2,(H2,36,43)(H,38,41). The number of hydrogen-bond acceptors (Lipinski definition) is 6. The zero-order valence-electron chi connectivity index (χ0n) is 23.2. The van der Waals surface area contributed by atoms with Crippen molar-refractivity contribution in [1.82, 2.24) is 20.7 Å². The van der Waals surface area contributed by atoms with Gasteiger partial charge in [0.2, 0.25) is 5.91 Å². The fourth-order valence-electron chi connectivity index (χ4n) is 6.35. The molecule has 4 aliphatic rings. The molecule has 0 spiro atoms. The molecule has 3 aromatic rings. The number of aromatic nitrogens is 1. The highest BCUT2D eigenvalue weighted by molar-refractivity contribution is 7.17. The first-order chi connectivity index (χ1) is 21.0. The van der Waals surface area contributed by atoms with Crippen LogP contribution in [-0.2, 0) is 16.0 Å². The van der Waals surface area contributed by atoms with Crippen LogP contribution < -0.4 is 16.5 Å². The summed E-state index contributed by atoms with van der Waals surface area (Å²) in [5.41, 5.74) is 10.3. The van der Waals surface area contributed by atoms with E-state index >= 15 is 0 Å². The maximum absolute atomic E-state index is 14.5. The first-order valence-electron chi connectivity index (χ1n) is 14.0. The third-order valence-corrected chi connectivity index (χ3v) is 8.75. The summed E-state index contributed by atoms with van der Waals surface area (Å²) in [5.74, 6) is -5.57. The number of carbonyl (C=O) groups is 3. The zero-order valence-corrected chi connectivity index (χ0v) is 24.4. The third kappa shape index (κ3) is 5.59. The van der Waals surface area contributed by atoms with E-state index in [1.54, 1.807) is 12.1 Å². The highest BCUT2D eigenvalue weighted by Crippen LogP contribution is 2.51. The van der Waals surface area contributed by atoms with Crippen molar-refractivity contribution in [1.29, 1.82) is 0 Å². The summed E-state index contributed by atoms with van der Waals surface area (Å²) in [6.45, 7) is -0.278. The Bertz CT molecular complexity index is 1690. The number of nitrogens with zero attached hydrogens (tertiary/aromatic N) is 2. The number of alkyl halides is 1. The molecule has 7 rings (SSSR count). The smallest absolute Gasteiger partial charge is 0.251 e. The molecule has 3 aliphatic carbocycles. The molecule has 1 saturated carbocycles. The van der Waals surface area contributed by atoms with Gasteiger partial charge in [-0.3, -0.25) is 19.4 Å². The second-order valence-corrected chi connectivity index (χ2v) is 11.9. The van der Waals surface area contributed by atoms with Gasteiger partial charge in [0.05, 0.1) is 23.3 Å². The number of hydrazine groups is 1. The molecule has 4 unspecified atom stereocenters.